The minimum absolute atomic E-state index is 0.268. The number of carbonyl (C=O) groups is 1. The highest BCUT2D eigenvalue weighted by Crippen LogP contribution is 2.42. The Morgan fingerprint density at radius 2 is 1.62 bits per heavy atom. The molecule has 2 aromatic carbocycles. The summed E-state index contributed by atoms with van der Waals surface area (Å²) in [6.45, 7) is 4.43. The van der Waals surface area contributed by atoms with Crippen molar-refractivity contribution in [2.24, 2.45) is 0 Å². The molecule has 3 aliphatic rings. The minimum atomic E-state index is -0.268. The molecule has 1 unspecified atom stereocenters. The molecule has 1 aliphatic carbocycles. The third kappa shape index (κ3) is 5.12. The van der Waals surface area contributed by atoms with Crippen LogP contribution >= 0.6 is 11.6 Å². The van der Waals surface area contributed by atoms with E-state index in [2.05, 4.69) is 46.2 Å². The van der Waals surface area contributed by atoms with Crippen molar-refractivity contribution < 1.29 is 4.79 Å². The number of rotatable bonds is 6. The Hall–Kier alpha value is -1.68. The van der Waals surface area contributed by atoms with Gasteiger partial charge in [-0.05, 0) is 92.9 Å². The van der Waals surface area contributed by atoms with Crippen LogP contribution in [0.4, 0.5) is 0 Å². The van der Waals surface area contributed by atoms with Crippen LogP contribution in [0.1, 0.15) is 86.4 Å². The third-order valence-corrected chi connectivity index (χ3v) is 9.07. The van der Waals surface area contributed by atoms with E-state index in [1.165, 1.54) is 61.5 Å². The molecule has 2 heterocycles. The van der Waals surface area contributed by atoms with E-state index in [-0.39, 0.29) is 5.54 Å². The number of fused-ring (bicyclic) bond motifs is 1. The van der Waals surface area contributed by atoms with Crippen LogP contribution in [0.2, 0.25) is 5.02 Å². The van der Waals surface area contributed by atoms with Gasteiger partial charge in [-0.1, -0.05) is 73.7 Å². The van der Waals surface area contributed by atoms with E-state index >= 15 is 0 Å². The Balaban J connectivity index is 1.28. The molecule has 2 aliphatic heterocycles. The van der Waals surface area contributed by atoms with E-state index in [4.69, 9.17) is 11.6 Å². The number of carbonyl (C=O) groups excluding carboxylic acids is 1. The molecular weight excluding hydrogens is 440 g/mol. The second-order valence-corrected chi connectivity index (χ2v) is 11.2. The molecule has 3 nitrogen and oxygen atoms in total. The van der Waals surface area contributed by atoms with Gasteiger partial charge in [0, 0.05) is 17.6 Å². The first-order valence-electron chi connectivity index (χ1n) is 13.5. The lowest BCUT2D eigenvalue weighted by molar-refractivity contribution is -0.122. The van der Waals surface area contributed by atoms with E-state index in [9.17, 15) is 4.79 Å². The van der Waals surface area contributed by atoms with Crippen LogP contribution < -0.4 is 0 Å². The summed E-state index contributed by atoms with van der Waals surface area (Å²) in [5.74, 6) is 0.643. The summed E-state index contributed by atoms with van der Waals surface area (Å²) in [4.78, 5) is 17.9. The highest BCUT2D eigenvalue weighted by Gasteiger charge is 2.43. The molecular formula is C30H39ClN2O. The third-order valence-electron chi connectivity index (χ3n) is 8.82. The number of benzene rings is 2. The number of likely N-dealkylation sites (tertiary alicyclic amines) is 1. The lowest BCUT2D eigenvalue weighted by Gasteiger charge is -2.48. The van der Waals surface area contributed by atoms with Crippen LogP contribution in [-0.2, 0) is 11.2 Å². The zero-order valence-electron chi connectivity index (χ0n) is 20.4. The van der Waals surface area contributed by atoms with E-state index < -0.39 is 0 Å². The summed E-state index contributed by atoms with van der Waals surface area (Å²) in [5, 5.41) is 0.820. The summed E-state index contributed by atoms with van der Waals surface area (Å²) in [6.07, 6.45) is 12.9. The average molecular weight is 479 g/mol. The topological polar surface area (TPSA) is 23.6 Å². The van der Waals surface area contributed by atoms with Crippen LogP contribution in [-0.4, -0.2) is 47.8 Å². The molecule has 1 atom stereocenters. The standard InChI is InChI=1S/C30H39ClN2O/c31-27-11-9-24(10-12-27)25-13-19-32(20-14-25)21-16-29-28-8-4-3-7-26(28)15-22-33(29)30(23-34)17-5-1-2-6-18-30/h3-4,7-12,23,25,29H,1-2,5-6,13-22H2. The average Bonchev–Trinajstić information content (AvgIpc) is 3.14. The van der Waals surface area contributed by atoms with Crippen molar-refractivity contribution in [3.05, 3.63) is 70.2 Å². The van der Waals surface area contributed by atoms with Gasteiger partial charge in [-0.15, -0.1) is 0 Å². The summed E-state index contributed by atoms with van der Waals surface area (Å²) >= 11 is 6.09. The largest absolute Gasteiger partial charge is 0.303 e. The molecule has 2 aromatic rings. The quantitative estimate of drug-likeness (QED) is 0.337. The number of piperidine rings is 1. The number of aldehydes is 1. The Labute approximate surface area is 210 Å². The van der Waals surface area contributed by atoms with E-state index in [0.29, 0.717) is 12.0 Å². The van der Waals surface area contributed by atoms with E-state index in [1.54, 1.807) is 0 Å². The first-order valence-corrected chi connectivity index (χ1v) is 13.8. The molecule has 0 N–H and O–H groups in total. The van der Waals surface area contributed by atoms with Gasteiger partial charge in [0.05, 0.1) is 5.54 Å². The van der Waals surface area contributed by atoms with E-state index in [0.717, 1.165) is 56.9 Å². The second-order valence-electron chi connectivity index (χ2n) is 10.7. The molecule has 182 valence electrons. The maximum atomic E-state index is 12.6. The molecule has 2 fully saturated rings. The lowest BCUT2D eigenvalue weighted by Crippen LogP contribution is -2.54. The van der Waals surface area contributed by atoms with Gasteiger partial charge in [-0.2, -0.15) is 0 Å². The highest BCUT2D eigenvalue weighted by atomic mass is 35.5. The summed E-state index contributed by atoms with van der Waals surface area (Å²) in [5.41, 5.74) is 4.11. The van der Waals surface area contributed by atoms with Crippen molar-refractivity contribution in [2.75, 3.05) is 26.2 Å². The van der Waals surface area contributed by atoms with Gasteiger partial charge >= 0.3 is 0 Å². The highest BCUT2D eigenvalue weighted by molar-refractivity contribution is 6.30. The Bertz CT molecular complexity index is 943. The van der Waals surface area contributed by atoms with Gasteiger partial charge in [0.25, 0.3) is 0 Å². The lowest BCUT2D eigenvalue weighted by atomic mass is 9.82. The minimum Gasteiger partial charge on any atom is -0.303 e. The number of hydrogen-bond acceptors (Lipinski definition) is 3. The van der Waals surface area contributed by atoms with Gasteiger partial charge in [0.1, 0.15) is 6.29 Å². The zero-order chi connectivity index (χ0) is 23.4. The molecule has 0 amide bonds. The van der Waals surface area contributed by atoms with Crippen molar-refractivity contribution in [2.45, 2.75) is 81.7 Å². The van der Waals surface area contributed by atoms with Crippen LogP contribution in [0, 0.1) is 0 Å². The molecule has 0 aromatic heterocycles. The fourth-order valence-corrected chi connectivity index (χ4v) is 6.97. The SMILES string of the molecule is O=CC1(N2CCc3ccccc3C2CCN2CCC(c3ccc(Cl)cc3)CC2)CCCCCC1. The van der Waals surface area contributed by atoms with Crippen molar-refractivity contribution in [3.8, 4) is 0 Å². The molecule has 4 heteroatoms. The maximum Gasteiger partial charge on any atom is 0.140 e. The first kappa shape index (κ1) is 24.0. The van der Waals surface area contributed by atoms with Gasteiger partial charge in [0.2, 0.25) is 0 Å². The fourth-order valence-electron chi connectivity index (χ4n) is 6.84. The second kappa shape index (κ2) is 10.9. The van der Waals surface area contributed by atoms with Crippen molar-refractivity contribution in [1.82, 2.24) is 9.80 Å². The number of hydrogen-bond donors (Lipinski definition) is 0. The van der Waals surface area contributed by atoms with Crippen molar-refractivity contribution >= 4 is 17.9 Å². The molecule has 5 rings (SSSR count). The van der Waals surface area contributed by atoms with Crippen molar-refractivity contribution in [3.63, 3.8) is 0 Å². The summed E-state index contributed by atoms with van der Waals surface area (Å²) in [7, 11) is 0. The summed E-state index contributed by atoms with van der Waals surface area (Å²) < 4.78 is 0. The van der Waals surface area contributed by atoms with Crippen LogP contribution in [0.5, 0.6) is 0 Å². The van der Waals surface area contributed by atoms with E-state index in [1.807, 2.05) is 12.1 Å². The van der Waals surface area contributed by atoms with Gasteiger partial charge in [0.15, 0.2) is 0 Å². The molecule has 34 heavy (non-hydrogen) atoms. The van der Waals surface area contributed by atoms with Gasteiger partial charge in [-0.3, -0.25) is 4.90 Å². The maximum absolute atomic E-state index is 12.6. The first-order chi connectivity index (χ1) is 16.7. The smallest absolute Gasteiger partial charge is 0.140 e. The number of halogens is 1. The zero-order valence-corrected chi connectivity index (χ0v) is 21.2. The van der Waals surface area contributed by atoms with Gasteiger partial charge < -0.3 is 9.69 Å². The predicted octanol–water partition coefficient (Wildman–Crippen LogP) is 6.80. The molecule has 0 bridgehead atoms. The summed E-state index contributed by atoms with van der Waals surface area (Å²) in [6, 6.07) is 17.8. The Morgan fingerprint density at radius 1 is 0.912 bits per heavy atom. The van der Waals surface area contributed by atoms with Crippen molar-refractivity contribution in [1.29, 1.82) is 0 Å². The predicted molar refractivity (Wildman–Crippen MR) is 141 cm³/mol. The van der Waals surface area contributed by atoms with Crippen LogP contribution in [0.15, 0.2) is 48.5 Å². The van der Waals surface area contributed by atoms with Gasteiger partial charge in [-0.25, -0.2) is 0 Å². The molecule has 1 saturated heterocycles. The van der Waals surface area contributed by atoms with Crippen LogP contribution in [0.3, 0.4) is 0 Å². The molecule has 1 saturated carbocycles. The van der Waals surface area contributed by atoms with Crippen LogP contribution in [0.25, 0.3) is 0 Å². The Morgan fingerprint density at radius 3 is 2.32 bits per heavy atom. The number of nitrogens with zero attached hydrogens (tertiary/aromatic N) is 2. The monoisotopic (exact) mass is 478 g/mol. The fraction of sp³-hybridized carbons (Fsp3) is 0.567. The molecule has 0 radical (unpaired) electrons. The normalized spacial score (nSPS) is 24.3. The Kier molecular flexibility index (Phi) is 7.73. The molecule has 0 spiro atoms.